The molecule has 8 bridgehead atoms. The lowest BCUT2D eigenvalue weighted by Gasteiger charge is -2.30. The summed E-state index contributed by atoms with van der Waals surface area (Å²) >= 11 is 0. The molecule has 0 amide bonds. The zero-order valence-corrected chi connectivity index (χ0v) is 34.7. The molecule has 0 radical (unpaired) electrons. The van der Waals surface area contributed by atoms with E-state index in [1.807, 2.05) is 27.7 Å². The molecule has 0 saturated carbocycles. The number of aromatic hydroxyl groups is 8. The van der Waals surface area contributed by atoms with Gasteiger partial charge >= 0.3 is 0 Å². The zero-order valence-electron chi connectivity index (χ0n) is 34.7. The summed E-state index contributed by atoms with van der Waals surface area (Å²) in [4.78, 5) is 0. The first-order valence-electron chi connectivity index (χ1n) is 19.1. The van der Waals surface area contributed by atoms with Crippen LogP contribution >= 0.6 is 0 Å². The molecule has 59 heavy (non-hydrogen) atoms. The van der Waals surface area contributed by atoms with E-state index in [0.717, 1.165) is 4.73 Å². The number of pyridine rings is 1. The second kappa shape index (κ2) is 20.2. The molecule has 1 aliphatic carbocycles. The Morgan fingerprint density at radius 1 is 0.407 bits per heavy atom. The molecule has 1 aliphatic rings. The Labute approximate surface area is 344 Å². The molecule has 4 aromatic carbocycles. The summed E-state index contributed by atoms with van der Waals surface area (Å²) in [6, 6.07) is 12.1. The van der Waals surface area contributed by atoms with Gasteiger partial charge in [0.1, 0.15) is 46.0 Å². The van der Waals surface area contributed by atoms with Gasteiger partial charge in [-0.25, -0.2) is 0 Å². The van der Waals surface area contributed by atoms with Gasteiger partial charge in [0, 0.05) is 103 Å². The fourth-order valence-corrected chi connectivity index (χ4v) is 8.33. The maximum Gasteiger partial charge on any atom is 0.180 e. The summed E-state index contributed by atoms with van der Waals surface area (Å²) in [5, 5.41) is 114. The van der Waals surface area contributed by atoms with Crippen LogP contribution in [0.15, 0.2) is 54.9 Å². The first-order valence-corrected chi connectivity index (χ1v) is 19.1. The number of hydrogen-bond donors (Lipinski definition) is 8. The van der Waals surface area contributed by atoms with Crippen molar-refractivity contribution in [3.8, 4) is 46.0 Å². The second-order valence-corrected chi connectivity index (χ2v) is 14.6. The fourth-order valence-electron chi connectivity index (χ4n) is 8.33. The van der Waals surface area contributed by atoms with Crippen molar-refractivity contribution in [3.05, 3.63) is 127 Å². The molecule has 0 atom stereocenters. The average molecular weight is 822 g/mol. The molecule has 14 heteroatoms. The molecule has 1 heterocycles. The van der Waals surface area contributed by atoms with Gasteiger partial charge < -0.3 is 67.5 Å². The maximum atomic E-state index is 11.5. The minimum absolute atomic E-state index is 0. The minimum atomic E-state index is -0.565. The number of hydrogen-bond acceptors (Lipinski definition) is 10. The van der Waals surface area contributed by atoms with Crippen LogP contribution in [-0.4, -0.2) is 57.1 Å². The molecule has 14 nitrogen and oxygen atoms in total. The summed E-state index contributed by atoms with van der Waals surface area (Å²) in [5.74, 6) is -3.21. The SMILES string of the molecule is CCC1c2cc(c(O)c(C)c2O)C(CC)c2cc(c(O)c(C)c2O)C(CC)c2cc(c(O)c(C)c2O)C(CC)c2cc1c(O)c(C)c2O.O.O.[O-][OH2+].[O-][n+]1ccccc1. The van der Waals surface area contributed by atoms with Crippen molar-refractivity contribution in [2.24, 2.45) is 0 Å². The Balaban J connectivity index is 0.000000976. The standard InChI is InChI=1S/C40H48O8.C5H5NO.H2O2.2H2O/c1-9-21-25-13-27(35(43)17(5)33(25)41)22(10-2)29-15-31(39(47)19(7)37(29)45)24(12-4)32-16-30(38(46)20(8)40(32)48)23(11-3)28-14-26(21)34(42)18(6)36(28)44;7-6-4-2-1-3-5-6;1-2;;/h13-16,21-24,41-48H,9-12H2,1-8H3;1-5H;1H2;2*1H2. The fraction of sp³-hybridized carbons (Fsp3) is 0.356. The molecule has 14 N–H and O–H groups in total. The predicted molar refractivity (Wildman–Crippen MR) is 223 cm³/mol. The van der Waals surface area contributed by atoms with E-state index in [-0.39, 0.29) is 79.2 Å². The number of phenols is 8. The lowest BCUT2D eigenvalue weighted by molar-refractivity contribution is -0.670. The normalized spacial score (nSPS) is 16.6. The van der Waals surface area contributed by atoms with E-state index >= 15 is 0 Å². The third kappa shape index (κ3) is 8.76. The largest absolute Gasteiger partial charge is 0.619 e. The van der Waals surface area contributed by atoms with Gasteiger partial charge in [0.2, 0.25) is 0 Å². The molecule has 0 fully saturated rings. The van der Waals surface area contributed by atoms with E-state index in [0.29, 0.717) is 70.2 Å². The van der Waals surface area contributed by atoms with E-state index in [2.05, 4.69) is 5.26 Å². The van der Waals surface area contributed by atoms with Crippen molar-refractivity contribution in [1.29, 1.82) is 0 Å². The lowest BCUT2D eigenvalue weighted by Crippen LogP contribution is -2.22. The average Bonchev–Trinajstić information content (AvgIpc) is 3.21. The van der Waals surface area contributed by atoms with Crippen molar-refractivity contribution < 1.29 is 67.0 Å². The first-order chi connectivity index (χ1) is 27.0. The van der Waals surface area contributed by atoms with Crippen molar-refractivity contribution in [2.45, 2.75) is 105 Å². The van der Waals surface area contributed by atoms with Crippen molar-refractivity contribution in [3.63, 3.8) is 0 Å². The molecule has 0 spiro atoms. The van der Waals surface area contributed by atoms with Crippen molar-refractivity contribution in [2.75, 3.05) is 0 Å². The Kier molecular flexibility index (Phi) is 16.8. The summed E-state index contributed by atoms with van der Waals surface area (Å²) in [5.41, 5.74) is 4.79. The smallest absolute Gasteiger partial charge is 0.180 e. The van der Waals surface area contributed by atoms with E-state index in [1.54, 1.807) is 70.2 Å². The van der Waals surface area contributed by atoms with Crippen LogP contribution in [0.5, 0.6) is 46.0 Å². The van der Waals surface area contributed by atoms with Crippen LogP contribution in [0.2, 0.25) is 0 Å². The quantitative estimate of drug-likeness (QED) is 0.0359. The molecule has 0 saturated heterocycles. The third-order valence-corrected chi connectivity index (χ3v) is 11.6. The molecule has 6 rings (SSSR count). The minimum Gasteiger partial charge on any atom is -0.619 e. The number of fused-ring (bicyclic) bond motifs is 8. The van der Waals surface area contributed by atoms with Crippen LogP contribution in [0.3, 0.4) is 0 Å². The molecule has 322 valence electrons. The van der Waals surface area contributed by atoms with Gasteiger partial charge in [-0.15, -0.1) is 0 Å². The summed E-state index contributed by atoms with van der Waals surface area (Å²) in [7, 11) is 0. The van der Waals surface area contributed by atoms with Gasteiger partial charge in [-0.3, -0.25) is 0 Å². The van der Waals surface area contributed by atoms with Crippen LogP contribution in [0.1, 0.15) is 144 Å². The highest BCUT2D eigenvalue weighted by Crippen LogP contribution is 2.54. The van der Waals surface area contributed by atoms with Gasteiger partial charge in [-0.2, -0.15) is 4.73 Å². The van der Waals surface area contributed by atoms with Crippen molar-refractivity contribution in [1.82, 2.24) is 0 Å². The molecular weight excluding hydrogens is 762 g/mol. The molecular formula is C45H59NO13. The van der Waals surface area contributed by atoms with Gasteiger partial charge in [-0.1, -0.05) is 33.8 Å². The Hall–Kier alpha value is -5.93. The number of aromatic nitrogens is 1. The summed E-state index contributed by atoms with van der Waals surface area (Å²) in [6.07, 6.45) is 4.67. The van der Waals surface area contributed by atoms with Crippen LogP contribution in [0.25, 0.3) is 0 Å². The first kappa shape index (κ1) is 49.2. The third-order valence-electron chi connectivity index (χ3n) is 11.6. The van der Waals surface area contributed by atoms with Gasteiger partial charge in [0.05, 0.1) is 0 Å². The molecule has 0 aliphatic heterocycles. The van der Waals surface area contributed by atoms with E-state index in [4.69, 9.17) is 5.26 Å². The molecule has 5 aromatic rings. The second-order valence-electron chi connectivity index (χ2n) is 14.6. The number of nitrogens with zero attached hydrogens (tertiary/aromatic N) is 1. The van der Waals surface area contributed by atoms with Crippen LogP contribution in [-0.2, 0) is 0 Å². The highest BCUT2D eigenvalue weighted by atomic mass is 17.0. The molecule has 0 unspecified atom stereocenters. The van der Waals surface area contributed by atoms with E-state index < -0.39 is 23.7 Å². The highest BCUT2D eigenvalue weighted by Gasteiger charge is 2.34. The predicted octanol–water partition coefficient (Wildman–Crippen LogP) is 5.70. The Morgan fingerprint density at radius 3 is 0.695 bits per heavy atom. The van der Waals surface area contributed by atoms with Crippen LogP contribution in [0.4, 0.5) is 0 Å². The van der Waals surface area contributed by atoms with E-state index in [9.17, 15) is 46.1 Å². The maximum absolute atomic E-state index is 11.5. The summed E-state index contributed by atoms with van der Waals surface area (Å²) in [6.45, 7) is 14.2. The number of benzene rings is 4. The Bertz CT molecular complexity index is 1850. The van der Waals surface area contributed by atoms with Crippen LogP contribution in [0, 0.1) is 32.9 Å². The number of phenolic OH excluding ortho intramolecular Hbond substituents is 8. The van der Waals surface area contributed by atoms with Gasteiger partial charge in [-0.05, 0) is 77.6 Å². The van der Waals surface area contributed by atoms with Crippen molar-refractivity contribution >= 4 is 0 Å². The highest BCUT2D eigenvalue weighted by molar-refractivity contribution is 5.67. The molecule has 1 aromatic heterocycles. The zero-order chi connectivity index (χ0) is 42.6. The van der Waals surface area contributed by atoms with Gasteiger partial charge in [0.15, 0.2) is 12.4 Å². The lowest BCUT2D eigenvalue weighted by atomic mass is 9.76. The summed E-state index contributed by atoms with van der Waals surface area (Å²) < 4.78 is 0.750. The Morgan fingerprint density at radius 2 is 0.576 bits per heavy atom. The topological polar surface area (TPSA) is 298 Å². The van der Waals surface area contributed by atoms with E-state index in [1.165, 1.54) is 12.4 Å². The number of rotatable bonds is 4. The van der Waals surface area contributed by atoms with Crippen LogP contribution < -0.4 is 9.99 Å². The van der Waals surface area contributed by atoms with Gasteiger partial charge in [0.25, 0.3) is 0 Å². The monoisotopic (exact) mass is 821 g/mol.